The number of para-hydroxylation sites is 2. The zero-order chi connectivity index (χ0) is 15.1. The summed E-state index contributed by atoms with van der Waals surface area (Å²) in [4.78, 5) is 18.0. The molecule has 0 aliphatic rings. The molecule has 0 bridgehead atoms. The zero-order valence-electron chi connectivity index (χ0n) is 12.5. The number of methoxy groups -OCH3 is 1. The van der Waals surface area contributed by atoms with E-state index in [4.69, 9.17) is 9.15 Å². The Morgan fingerprint density at radius 2 is 2.24 bits per heavy atom. The first-order chi connectivity index (χ1) is 10.2. The van der Waals surface area contributed by atoms with Gasteiger partial charge in [0.05, 0.1) is 13.1 Å². The van der Waals surface area contributed by atoms with Crippen molar-refractivity contribution < 1.29 is 13.9 Å². The van der Waals surface area contributed by atoms with Crippen molar-refractivity contribution in [1.29, 1.82) is 0 Å². The summed E-state index contributed by atoms with van der Waals surface area (Å²) < 4.78 is 10.6. The number of rotatable bonds is 8. The van der Waals surface area contributed by atoms with E-state index in [-0.39, 0.29) is 5.91 Å². The maximum atomic E-state index is 11.7. The van der Waals surface area contributed by atoms with Crippen LogP contribution < -0.4 is 5.32 Å². The number of fused-ring (bicyclic) bond motifs is 1. The molecule has 0 saturated carbocycles. The van der Waals surface area contributed by atoms with Gasteiger partial charge in [-0.05, 0) is 25.6 Å². The normalized spacial score (nSPS) is 11.2. The highest BCUT2D eigenvalue weighted by Crippen LogP contribution is 2.15. The van der Waals surface area contributed by atoms with E-state index in [0.717, 1.165) is 17.5 Å². The van der Waals surface area contributed by atoms with Crippen LogP contribution in [0, 0.1) is 0 Å². The fraction of sp³-hybridized carbons (Fsp3) is 0.467. The molecule has 2 aromatic rings. The van der Waals surface area contributed by atoms with Crippen LogP contribution in [0.2, 0.25) is 0 Å². The van der Waals surface area contributed by atoms with Crippen molar-refractivity contribution in [1.82, 2.24) is 15.2 Å². The Bertz CT molecular complexity index is 549. The number of hydrogen-bond acceptors (Lipinski definition) is 5. The van der Waals surface area contributed by atoms with E-state index < -0.39 is 0 Å². The molecule has 6 nitrogen and oxygen atoms in total. The number of benzene rings is 1. The molecule has 0 aliphatic carbocycles. The Morgan fingerprint density at radius 1 is 1.43 bits per heavy atom. The lowest BCUT2D eigenvalue weighted by atomic mass is 10.3. The highest BCUT2D eigenvalue weighted by Gasteiger charge is 2.11. The molecule has 0 aliphatic heterocycles. The molecule has 0 unspecified atom stereocenters. The molecule has 0 saturated heterocycles. The van der Waals surface area contributed by atoms with Gasteiger partial charge >= 0.3 is 0 Å². The summed E-state index contributed by atoms with van der Waals surface area (Å²) in [6.45, 7) is 2.09. The van der Waals surface area contributed by atoms with Crippen molar-refractivity contribution in [2.24, 2.45) is 0 Å². The summed E-state index contributed by atoms with van der Waals surface area (Å²) in [5.41, 5.74) is 1.61. The molecule has 0 atom stereocenters. The van der Waals surface area contributed by atoms with Gasteiger partial charge in [-0.15, -0.1) is 0 Å². The predicted octanol–water partition coefficient (Wildman–Crippen LogP) is 1.41. The van der Waals surface area contributed by atoms with Crippen molar-refractivity contribution in [3.8, 4) is 0 Å². The van der Waals surface area contributed by atoms with Gasteiger partial charge in [-0.1, -0.05) is 12.1 Å². The van der Waals surface area contributed by atoms with Crippen LogP contribution in [-0.4, -0.2) is 49.6 Å². The second kappa shape index (κ2) is 7.75. The monoisotopic (exact) mass is 291 g/mol. The fourth-order valence-corrected chi connectivity index (χ4v) is 2.02. The third-order valence-electron chi connectivity index (χ3n) is 3.00. The first-order valence-corrected chi connectivity index (χ1v) is 6.97. The van der Waals surface area contributed by atoms with Gasteiger partial charge in [-0.3, -0.25) is 9.69 Å². The molecule has 114 valence electrons. The lowest BCUT2D eigenvalue weighted by Gasteiger charge is -2.14. The lowest BCUT2D eigenvalue weighted by molar-refractivity contribution is -0.122. The summed E-state index contributed by atoms with van der Waals surface area (Å²) in [6, 6.07) is 7.62. The number of ether oxygens (including phenoxy) is 1. The maximum absolute atomic E-state index is 11.7. The van der Waals surface area contributed by atoms with Crippen LogP contribution in [0.3, 0.4) is 0 Å². The van der Waals surface area contributed by atoms with Gasteiger partial charge in [0.25, 0.3) is 0 Å². The number of likely N-dealkylation sites (N-methyl/N-ethyl adjacent to an activating group) is 1. The molecule has 0 radical (unpaired) electrons. The third-order valence-corrected chi connectivity index (χ3v) is 3.00. The molecule has 1 aromatic carbocycles. The van der Waals surface area contributed by atoms with E-state index in [1.165, 1.54) is 0 Å². The van der Waals surface area contributed by atoms with Crippen LogP contribution in [-0.2, 0) is 16.1 Å². The third kappa shape index (κ3) is 4.84. The molecule has 1 heterocycles. The number of amides is 1. The quantitative estimate of drug-likeness (QED) is 0.745. The molecular formula is C15H21N3O3. The Labute approximate surface area is 124 Å². The summed E-state index contributed by atoms with van der Waals surface area (Å²) in [5.74, 6) is 0.607. The minimum atomic E-state index is -0.00952. The van der Waals surface area contributed by atoms with Crippen molar-refractivity contribution >= 4 is 17.0 Å². The number of hydrogen-bond donors (Lipinski definition) is 1. The van der Waals surface area contributed by atoms with Crippen molar-refractivity contribution in [3.63, 3.8) is 0 Å². The molecule has 0 spiro atoms. The standard InChI is InChI=1S/C15H21N3O3/c1-18(10-14(19)16-8-5-9-20-2)11-15-17-12-6-3-4-7-13(12)21-15/h3-4,6-7H,5,8-11H2,1-2H3,(H,16,19). The molecular weight excluding hydrogens is 270 g/mol. The van der Waals surface area contributed by atoms with Gasteiger partial charge in [0.2, 0.25) is 11.8 Å². The number of nitrogens with one attached hydrogen (secondary N) is 1. The van der Waals surface area contributed by atoms with Gasteiger partial charge < -0.3 is 14.5 Å². The predicted molar refractivity (Wildman–Crippen MR) is 79.8 cm³/mol. The molecule has 1 amide bonds. The van der Waals surface area contributed by atoms with E-state index in [0.29, 0.717) is 32.1 Å². The van der Waals surface area contributed by atoms with Crippen LogP contribution in [0.15, 0.2) is 28.7 Å². The van der Waals surface area contributed by atoms with E-state index in [2.05, 4.69) is 10.3 Å². The van der Waals surface area contributed by atoms with E-state index >= 15 is 0 Å². The molecule has 1 N–H and O–H groups in total. The number of nitrogens with zero attached hydrogens (tertiary/aromatic N) is 2. The Balaban J connectivity index is 1.78. The number of carbonyl (C=O) groups is 1. The topological polar surface area (TPSA) is 67.6 Å². The van der Waals surface area contributed by atoms with Crippen LogP contribution in [0.4, 0.5) is 0 Å². The first-order valence-electron chi connectivity index (χ1n) is 6.97. The van der Waals surface area contributed by atoms with Gasteiger partial charge in [0.1, 0.15) is 5.52 Å². The summed E-state index contributed by atoms with van der Waals surface area (Å²) in [7, 11) is 3.51. The number of oxazole rings is 1. The molecule has 1 aromatic heterocycles. The van der Waals surface area contributed by atoms with Crippen LogP contribution in [0.1, 0.15) is 12.3 Å². The molecule has 2 rings (SSSR count). The highest BCUT2D eigenvalue weighted by molar-refractivity contribution is 5.78. The second-order valence-corrected chi connectivity index (χ2v) is 4.94. The van der Waals surface area contributed by atoms with Gasteiger partial charge in [0, 0.05) is 20.3 Å². The average molecular weight is 291 g/mol. The molecule has 6 heteroatoms. The molecule has 21 heavy (non-hydrogen) atoms. The van der Waals surface area contributed by atoms with Crippen molar-refractivity contribution in [2.75, 3.05) is 33.9 Å². The van der Waals surface area contributed by atoms with E-state index in [1.807, 2.05) is 36.2 Å². The maximum Gasteiger partial charge on any atom is 0.234 e. The first kappa shape index (κ1) is 15.5. The van der Waals surface area contributed by atoms with Crippen LogP contribution >= 0.6 is 0 Å². The van der Waals surface area contributed by atoms with Crippen molar-refractivity contribution in [2.45, 2.75) is 13.0 Å². The second-order valence-electron chi connectivity index (χ2n) is 4.94. The SMILES string of the molecule is COCCCNC(=O)CN(C)Cc1nc2ccccc2o1. The number of carbonyl (C=O) groups excluding carboxylic acids is 1. The fourth-order valence-electron chi connectivity index (χ4n) is 2.02. The van der Waals surface area contributed by atoms with Gasteiger partial charge in [-0.25, -0.2) is 4.98 Å². The van der Waals surface area contributed by atoms with Crippen molar-refractivity contribution in [3.05, 3.63) is 30.2 Å². The Kier molecular flexibility index (Phi) is 5.71. The smallest absolute Gasteiger partial charge is 0.234 e. The van der Waals surface area contributed by atoms with Crippen LogP contribution in [0.25, 0.3) is 11.1 Å². The average Bonchev–Trinajstić information content (AvgIpc) is 2.85. The van der Waals surface area contributed by atoms with Gasteiger partial charge in [-0.2, -0.15) is 0 Å². The van der Waals surface area contributed by atoms with E-state index in [1.54, 1.807) is 7.11 Å². The zero-order valence-corrected chi connectivity index (χ0v) is 12.5. The van der Waals surface area contributed by atoms with Gasteiger partial charge in [0.15, 0.2) is 5.58 Å². The highest BCUT2D eigenvalue weighted by atomic mass is 16.5. The lowest BCUT2D eigenvalue weighted by Crippen LogP contribution is -2.35. The Morgan fingerprint density at radius 3 is 3.00 bits per heavy atom. The molecule has 0 fully saturated rings. The number of aromatic nitrogens is 1. The van der Waals surface area contributed by atoms with Crippen LogP contribution in [0.5, 0.6) is 0 Å². The minimum absolute atomic E-state index is 0.00952. The summed E-state index contributed by atoms with van der Waals surface area (Å²) in [5, 5.41) is 2.85. The summed E-state index contributed by atoms with van der Waals surface area (Å²) in [6.07, 6.45) is 0.817. The largest absolute Gasteiger partial charge is 0.439 e. The Hall–Kier alpha value is -1.92. The van der Waals surface area contributed by atoms with E-state index in [9.17, 15) is 4.79 Å². The minimum Gasteiger partial charge on any atom is -0.439 e. The summed E-state index contributed by atoms with van der Waals surface area (Å²) >= 11 is 0.